The summed E-state index contributed by atoms with van der Waals surface area (Å²) in [4.78, 5) is 2.79. The van der Waals surface area contributed by atoms with Crippen LogP contribution in [0.15, 0.2) is 27.6 Å². The summed E-state index contributed by atoms with van der Waals surface area (Å²) in [6.07, 6.45) is 2.40. The van der Waals surface area contributed by atoms with E-state index in [1.165, 1.54) is 20.0 Å². The van der Waals surface area contributed by atoms with Gasteiger partial charge in [-0.15, -0.1) is 0 Å². The largest absolute Gasteiger partial charge is 0.495 e. The number of methoxy groups -OCH3 is 1. The Labute approximate surface area is 172 Å². The van der Waals surface area contributed by atoms with Crippen LogP contribution in [0.1, 0.15) is 33.6 Å². The van der Waals surface area contributed by atoms with Gasteiger partial charge in [-0.05, 0) is 48.4 Å². The standard InChI is InChI=1S/C20H31BrN2O3S/c1-5-6-9-22-11-15-13-23(14-16(12-22)20(15,2)3)27(24,25)19-10-17(21)7-8-18(19)26-4/h7-8,10,15-16H,5-6,9,11-14H2,1-4H3. The first-order valence-corrected chi connectivity index (χ1v) is 12.0. The molecule has 0 aromatic heterocycles. The Hall–Kier alpha value is -0.630. The van der Waals surface area contributed by atoms with Crippen LogP contribution in [0.5, 0.6) is 5.75 Å². The van der Waals surface area contributed by atoms with Crippen LogP contribution >= 0.6 is 15.9 Å². The fourth-order valence-electron chi connectivity index (χ4n) is 4.41. The van der Waals surface area contributed by atoms with Gasteiger partial charge in [-0.25, -0.2) is 8.42 Å². The third-order valence-corrected chi connectivity index (χ3v) is 8.83. The predicted molar refractivity (Wildman–Crippen MR) is 112 cm³/mol. The van der Waals surface area contributed by atoms with E-state index in [1.807, 2.05) is 0 Å². The summed E-state index contributed by atoms with van der Waals surface area (Å²) in [7, 11) is -2.08. The lowest BCUT2D eigenvalue weighted by atomic mass is 9.64. The molecule has 7 heteroatoms. The van der Waals surface area contributed by atoms with Crippen molar-refractivity contribution in [1.82, 2.24) is 9.21 Å². The summed E-state index contributed by atoms with van der Waals surface area (Å²) in [6.45, 7) is 11.1. The second kappa shape index (κ2) is 8.01. The molecule has 2 bridgehead atoms. The highest BCUT2D eigenvalue weighted by atomic mass is 79.9. The summed E-state index contributed by atoms with van der Waals surface area (Å²) >= 11 is 3.40. The van der Waals surface area contributed by atoms with Crippen molar-refractivity contribution in [2.24, 2.45) is 17.3 Å². The van der Waals surface area contributed by atoms with Gasteiger partial charge < -0.3 is 9.64 Å². The fourth-order valence-corrected chi connectivity index (χ4v) is 6.63. The number of piperidine rings is 2. The number of sulfonamides is 1. The van der Waals surface area contributed by atoms with Crippen molar-refractivity contribution in [2.75, 3.05) is 39.8 Å². The minimum Gasteiger partial charge on any atom is -0.495 e. The van der Waals surface area contributed by atoms with Gasteiger partial charge in [0, 0.05) is 30.7 Å². The monoisotopic (exact) mass is 458 g/mol. The van der Waals surface area contributed by atoms with Crippen LogP contribution < -0.4 is 4.74 Å². The second-order valence-corrected chi connectivity index (χ2v) is 11.3. The molecule has 2 fully saturated rings. The molecule has 1 aromatic carbocycles. The third kappa shape index (κ3) is 4.07. The van der Waals surface area contributed by atoms with Gasteiger partial charge in [0.25, 0.3) is 0 Å². The van der Waals surface area contributed by atoms with Crippen molar-refractivity contribution >= 4 is 26.0 Å². The van der Waals surface area contributed by atoms with E-state index in [2.05, 4.69) is 41.6 Å². The molecule has 0 N–H and O–H groups in total. The highest BCUT2D eigenvalue weighted by Crippen LogP contribution is 2.46. The van der Waals surface area contributed by atoms with Gasteiger partial charge in [0.1, 0.15) is 10.6 Å². The molecule has 2 aliphatic rings. The molecule has 2 saturated heterocycles. The van der Waals surface area contributed by atoms with Crippen LogP contribution in [0.4, 0.5) is 0 Å². The molecular weight excluding hydrogens is 428 g/mol. The summed E-state index contributed by atoms with van der Waals surface area (Å²) < 4.78 is 34.6. The number of rotatable bonds is 6. The molecule has 0 amide bonds. The van der Waals surface area contributed by atoms with E-state index in [0.717, 1.165) is 24.1 Å². The smallest absolute Gasteiger partial charge is 0.246 e. The Morgan fingerprint density at radius 3 is 2.37 bits per heavy atom. The maximum atomic E-state index is 13.4. The van der Waals surface area contributed by atoms with Gasteiger partial charge in [0.05, 0.1) is 7.11 Å². The van der Waals surface area contributed by atoms with Gasteiger partial charge in [-0.3, -0.25) is 0 Å². The molecule has 2 atom stereocenters. The quantitative estimate of drug-likeness (QED) is 0.649. The molecule has 2 aliphatic heterocycles. The Bertz CT molecular complexity index is 763. The fraction of sp³-hybridized carbons (Fsp3) is 0.700. The third-order valence-electron chi connectivity index (χ3n) is 6.48. The van der Waals surface area contributed by atoms with Gasteiger partial charge in [0.15, 0.2) is 0 Å². The summed E-state index contributed by atoms with van der Waals surface area (Å²) in [5.74, 6) is 1.09. The number of halogens is 1. The first-order chi connectivity index (χ1) is 12.7. The van der Waals surface area contributed by atoms with Crippen LogP contribution in [0.25, 0.3) is 0 Å². The SMILES string of the molecule is CCCCN1CC2CN(S(=O)(=O)c3cc(Br)ccc3OC)CC(C1)C2(C)C. The summed E-state index contributed by atoms with van der Waals surface area (Å²) in [6, 6.07) is 5.16. The zero-order valence-electron chi connectivity index (χ0n) is 16.7. The van der Waals surface area contributed by atoms with Crippen molar-refractivity contribution in [3.05, 3.63) is 22.7 Å². The van der Waals surface area contributed by atoms with Gasteiger partial charge in [-0.2, -0.15) is 4.31 Å². The Morgan fingerprint density at radius 2 is 1.81 bits per heavy atom. The number of fused-ring (bicyclic) bond motifs is 2. The topological polar surface area (TPSA) is 49.9 Å². The van der Waals surface area contributed by atoms with E-state index in [1.54, 1.807) is 22.5 Å². The Balaban J connectivity index is 1.87. The Kier molecular flexibility index (Phi) is 6.26. The zero-order valence-corrected chi connectivity index (χ0v) is 19.1. The number of likely N-dealkylation sites (tertiary alicyclic amines) is 1. The molecule has 0 spiro atoms. The summed E-state index contributed by atoms with van der Waals surface area (Å²) in [5, 5.41) is 0. The molecule has 27 heavy (non-hydrogen) atoms. The van der Waals surface area contributed by atoms with Crippen molar-refractivity contribution in [1.29, 1.82) is 0 Å². The van der Waals surface area contributed by atoms with Crippen LogP contribution in [0, 0.1) is 17.3 Å². The highest BCUT2D eigenvalue weighted by molar-refractivity contribution is 9.10. The van der Waals surface area contributed by atoms with Gasteiger partial charge >= 0.3 is 0 Å². The first-order valence-electron chi connectivity index (χ1n) is 9.76. The van der Waals surface area contributed by atoms with Gasteiger partial charge in [-0.1, -0.05) is 43.1 Å². The van der Waals surface area contributed by atoms with E-state index in [-0.39, 0.29) is 10.3 Å². The minimum atomic E-state index is -3.59. The molecule has 0 saturated carbocycles. The van der Waals surface area contributed by atoms with Crippen molar-refractivity contribution in [2.45, 2.75) is 38.5 Å². The molecule has 152 valence electrons. The van der Waals surface area contributed by atoms with Crippen molar-refractivity contribution in [3.63, 3.8) is 0 Å². The molecular formula is C20H31BrN2O3S. The molecule has 2 heterocycles. The number of hydrogen-bond acceptors (Lipinski definition) is 4. The molecule has 2 unspecified atom stereocenters. The minimum absolute atomic E-state index is 0.163. The van der Waals surface area contributed by atoms with E-state index < -0.39 is 10.0 Å². The number of nitrogens with zero attached hydrogens (tertiary/aromatic N) is 2. The maximum absolute atomic E-state index is 13.4. The lowest BCUT2D eigenvalue weighted by Crippen LogP contribution is -2.62. The average Bonchev–Trinajstić information content (AvgIpc) is 2.59. The molecule has 5 nitrogen and oxygen atoms in total. The zero-order chi connectivity index (χ0) is 19.8. The van der Waals surface area contributed by atoms with Crippen LogP contribution in [0.2, 0.25) is 0 Å². The molecule has 0 aliphatic carbocycles. The first kappa shape index (κ1) is 21.1. The van der Waals surface area contributed by atoms with E-state index >= 15 is 0 Å². The molecule has 0 radical (unpaired) electrons. The van der Waals surface area contributed by atoms with Crippen LogP contribution in [-0.2, 0) is 10.0 Å². The highest BCUT2D eigenvalue weighted by Gasteiger charge is 2.50. The second-order valence-electron chi connectivity index (χ2n) is 8.45. The van der Waals surface area contributed by atoms with Crippen LogP contribution in [0.3, 0.4) is 0 Å². The van der Waals surface area contributed by atoms with Crippen molar-refractivity contribution in [3.8, 4) is 5.75 Å². The predicted octanol–water partition coefficient (Wildman–Crippen LogP) is 3.84. The van der Waals surface area contributed by atoms with E-state index in [0.29, 0.717) is 30.7 Å². The summed E-state index contributed by atoms with van der Waals surface area (Å²) in [5.41, 5.74) is 0.163. The number of ether oxygens (including phenoxy) is 1. The average molecular weight is 459 g/mol. The van der Waals surface area contributed by atoms with Crippen LogP contribution in [-0.4, -0.2) is 57.5 Å². The van der Waals surface area contributed by atoms with Crippen molar-refractivity contribution < 1.29 is 13.2 Å². The molecule has 3 rings (SSSR count). The number of hydrogen-bond donors (Lipinski definition) is 0. The van der Waals surface area contributed by atoms with Gasteiger partial charge in [0.2, 0.25) is 10.0 Å². The number of benzene rings is 1. The van der Waals surface area contributed by atoms with E-state index in [9.17, 15) is 8.42 Å². The number of unbranched alkanes of at least 4 members (excludes halogenated alkanes) is 1. The maximum Gasteiger partial charge on any atom is 0.246 e. The Morgan fingerprint density at radius 1 is 1.19 bits per heavy atom. The van der Waals surface area contributed by atoms with E-state index in [4.69, 9.17) is 4.74 Å². The molecule has 1 aromatic rings. The lowest BCUT2D eigenvalue weighted by Gasteiger charge is -2.55. The normalized spacial score (nSPS) is 26.1. The lowest BCUT2D eigenvalue weighted by molar-refractivity contribution is -0.0493.